The molecule has 0 atom stereocenters. The number of carbonyl (C=O) groups is 1. The number of amidine groups is 1. The molecule has 9 heteroatoms. The first-order valence-electron chi connectivity index (χ1n) is 9.35. The topological polar surface area (TPSA) is 108 Å². The number of carbonyl (C=O) groups excluding carboxylic acids is 1. The molecule has 8 nitrogen and oxygen atoms in total. The van der Waals surface area contributed by atoms with Gasteiger partial charge in [-0.05, 0) is 35.8 Å². The number of aliphatic imine (C=N–C) groups is 1. The molecule has 4 rings (SSSR count). The summed E-state index contributed by atoms with van der Waals surface area (Å²) in [4.78, 5) is 16.8. The number of aromatic nitrogens is 2. The number of H-pyrrole nitrogens is 1. The zero-order valence-electron chi connectivity index (χ0n) is 16.6. The molecule has 0 fully saturated rings. The van der Waals surface area contributed by atoms with E-state index >= 15 is 0 Å². The minimum absolute atomic E-state index is 0.0940. The van der Waals surface area contributed by atoms with Crippen LogP contribution < -0.4 is 5.32 Å². The predicted molar refractivity (Wildman–Crippen MR) is 115 cm³/mol. The molecule has 0 radical (unpaired) electrons. The molecule has 0 spiro atoms. The fourth-order valence-electron chi connectivity index (χ4n) is 3.36. The highest BCUT2D eigenvalue weighted by Crippen LogP contribution is 2.25. The molecule has 0 saturated carbocycles. The standard InChI is InChI=1S/C21H21N5O3S/c1-14-8-17-12-23-25-21(17)18(9-14)30(28,29)26(2)13-20(27)24-19-10-16(11-22-19)15-6-4-3-5-7-15/h3-9,11-12H,10,13H2,1-2H3,(H,23,25)(H,22,24,27). The maximum atomic E-state index is 13.1. The zero-order valence-corrected chi connectivity index (χ0v) is 17.4. The number of hydrogen-bond donors (Lipinski definition) is 2. The lowest BCUT2D eigenvalue weighted by Gasteiger charge is -2.18. The zero-order chi connectivity index (χ0) is 21.3. The van der Waals surface area contributed by atoms with Crippen LogP contribution in [0.1, 0.15) is 17.5 Å². The van der Waals surface area contributed by atoms with Crippen molar-refractivity contribution in [2.45, 2.75) is 18.2 Å². The first-order chi connectivity index (χ1) is 14.3. The number of rotatable bonds is 5. The molecule has 0 saturated heterocycles. The number of amides is 1. The molecule has 2 aromatic carbocycles. The van der Waals surface area contributed by atoms with Gasteiger partial charge in [0.1, 0.15) is 10.7 Å². The van der Waals surface area contributed by atoms with Crippen LogP contribution >= 0.6 is 0 Å². The summed E-state index contributed by atoms with van der Waals surface area (Å²) >= 11 is 0. The first-order valence-corrected chi connectivity index (χ1v) is 10.8. The van der Waals surface area contributed by atoms with Crippen LogP contribution in [-0.2, 0) is 14.8 Å². The first kappa shape index (κ1) is 20.0. The molecule has 1 amide bonds. The third-order valence-corrected chi connectivity index (χ3v) is 6.70. The number of hydrogen-bond acceptors (Lipinski definition) is 5. The second-order valence-corrected chi connectivity index (χ2v) is 9.19. The van der Waals surface area contributed by atoms with Gasteiger partial charge >= 0.3 is 0 Å². The van der Waals surface area contributed by atoms with Crippen molar-refractivity contribution in [2.24, 2.45) is 4.99 Å². The van der Waals surface area contributed by atoms with E-state index in [1.165, 1.54) is 7.05 Å². The number of benzene rings is 2. The van der Waals surface area contributed by atoms with Crippen molar-refractivity contribution in [1.82, 2.24) is 19.8 Å². The van der Waals surface area contributed by atoms with Gasteiger partial charge in [-0.1, -0.05) is 30.3 Å². The Bertz CT molecular complexity index is 1280. The maximum Gasteiger partial charge on any atom is 0.245 e. The SMILES string of the molecule is Cc1cc(S(=O)(=O)N(C)CC(=O)NC2=NC=C(c3ccccc3)C2)c2[nH]ncc2c1. The number of nitrogens with zero attached hydrogens (tertiary/aromatic N) is 3. The lowest BCUT2D eigenvalue weighted by Crippen LogP contribution is -2.40. The van der Waals surface area contributed by atoms with E-state index in [0.29, 0.717) is 23.2 Å². The van der Waals surface area contributed by atoms with Crippen molar-refractivity contribution < 1.29 is 13.2 Å². The Balaban J connectivity index is 1.43. The number of nitrogens with one attached hydrogen (secondary N) is 2. The van der Waals surface area contributed by atoms with Crippen LogP contribution in [0.2, 0.25) is 0 Å². The van der Waals surface area contributed by atoms with Gasteiger partial charge in [-0.25, -0.2) is 13.4 Å². The molecule has 154 valence electrons. The van der Waals surface area contributed by atoms with Gasteiger partial charge in [0.25, 0.3) is 0 Å². The highest BCUT2D eigenvalue weighted by Gasteiger charge is 2.27. The fraction of sp³-hybridized carbons (Fsp3) is 0.190. The van der Waals surface area contributed by atoms with Gasteiger partial charge in [-0.15, -0.1) is 0 Å². The average Bonchev–Trinajstić information content (AvgIpc) is 3.37. The van der Waals surface area contributed by atoms with Gasteiger partial charge in [0.15, 0.2) is 0 Å². The molecule has 0 unspecified atom stereocenters. The monoisotopic (exact) mass is 423 g/mol. The number of aromatic amines is 1. The van der Waals surface area contributed by atoms with Crippen molar-refractivity contribution in [1.29, 1.82) is 0 Å². The van der Waals surface area contributed by atoms with Gasteiger partial charge in [0.05, 0.1) is 18.3 Å². The van der Waals surface area contributed by atoms with E-state index in [2.05, 4.69) is 20.5 Å². The van der Waals surface area contributed by atoms with Crippen molar-refractivity contribution in [3.8, 4) is 0 Å². The van der Waals surface area contributed by atoms with E-state index in [4.69, 9.17) is 0 Å². The highest BCUT2D eigenvalue weighted by molar-refractivity contribution is 7.89. The second kappa shape index (κ2) is 7.85. The Morgan fingerprint density at radius 2 is 2.00 bits per heavy atom. The largest absolute Gasteiger partial charge is 0.313 e. The molecule has 1 aliphatic heterocycles. The third kappa shape index (κ3) is 3.89. The Hall–Kier alpha value is -3.30. The van der Waals surface area contributed by atoms with Crippen LogP contribution in [0.25, 0.3) is 16.5 Å². The number of fused-ring (bicyclic) bond motifs is 1. The minimum Gasteiger partial charge on any atom is -0.313 e. The van der Waals surface area contributed by atoms with Crippen molar-refractivity contribution >= 4 is 38.2 Å². The third-order valence-electron chi connectivity index (χ3n) is 4.87. The van der Waals surface area contributed by atoms with E-state index in [9.17, 15) is 13.2 Å². The van der Waals surface area contributed by atoms with Crippen LogP contribution in [0.4, 0.5) is 0 Å². The van der Waals surface area contributed by atoms with E-state index < -0.39 is 15.9 Å². The van der Waals surface area contributed by atoms with Crippen LogP contribution in [0, 0.1) is 6.92 Å². The van der Waals surface area contributed by atoms with Gasteiger partial charge in [0, 0.05) is 25.1 Å². The normalized spacial score (nSPS) is 14.1. The summed E-state index contributed by atoms with van der Waals surface area (Å²) in [5, 5.41) is 10.1. The van der Waals surface area contributed by atoms with Gasteiger partial charge < -0.3 is 5.32 Å². The van der Waals surface area contributed by atoms with Crippen molar-refractivity contribution in [3.63, 3.8) is 0 Å². The van der Waals surface area contributed by atoms with Crippen molar-refractivity contribution in [3.05, 3.63) is 66.0 Å². The molecule has 30 heavy (non-hydrogen) atoms. The number of likely N-dealkylation sites (N-methyl/N-ethyl adjacent to an activating group) is 1. The van der Waals surface area contributed by atoms with E-state index in [0.717, 1.165) is 21.0 Å². The van der Waals surface area contributed by atoms with Crippen LogP contribution in [-0.4, -0.2) is 48.3 Å². The smallest absolute Gasteiger partial charge is 0.245 e. The van der Waals surface area contributed by atoms with Crippen LogP contribution in [0.5, 0.6) is 0 Å². The molecular weight excluding hydrogens is 402 g/mol. The predicted octanol–water partition coefficient (Wildman–Crippen LogP) is 2.45. The Morgan fingerprint density at radius 3 is 2.77 bits per heavy atom. The quantitative estimate of drug-likeness (QED) is 0.657. The lowest BCUT2D eigenvalue weighted by atomic mass is 10.1. The average molecular weight is 423 g/mol. The summed E-state index contributed by atoms with van der Waals surface area (Å²) in [6.45, 7) is 1.49. The molecule has 1 aliphatic rings. The summed E-state index contributed by atoms with van der Waals surface area (Å²) in [6, 6.07) is 13.2. The van der Waals surface area contributed by atoms with Crippen LogP contribution in [0.15, 0.2) is 64.7 Å². The number of sulfonamides is 1. The minimum atomic E-state index is -3.89. The van der Waals surface area contributed by atoms with Crippen LogP contribution in [0.3, 0.4) is 0 Å². The van der Waals surface area contributed by atoms with E-state index in [1.807, 2.05) is 43.3 Å². The van der Waals surface area contributed by atoms with E-state index in [-0.39, 0.29) is 11.4 Å². The molecule has 0 aliphatic carbocycles. The molecule has 2 N–H and O–H groups in total. The second-order valence-electron chi connectivity index (χ2n) is 7.18. The summed E-state index contributed by atoms with van der Waals surface area (Å²) in [5.74, 6) is 0.0483. The van der Waals surface area contributed by atoms with Gasteiger partial charge in [-0.2, -0.15) is 9.40 Å². The molecule has 2 heterocycles. The summed E-state index contributed by atoms with van der Waals surface area (Å²) in [6.07, 6.45) is 3.77. The summed E-state index contributed by atoms with van der Waals surface area (Å²) in [7, 11) is -2.51. The fourth-order valence-corrected chi connectivity index (χ4v) is 4.74. The Kier molecular flexibility index (Phi) is 5.23. The van der Waals surface area contributed by atoms with Crippen molar-refractivity contribution in [2.75, 3.05) is 13.6 Å². The lowest BCUT2D eigenvalue weighted by molar-refractivity contribution is -0.119. The Morgan fingerprint density at radius 1 is 1.23 bits per heavy atom. The number of aryl methyl sites for hydroxylation is 1. The molecular formula is C21H21N5O3S. The summed E-state index contributed by atoms with van der Waals surface area (Å²) < 4.78 is 27.2. The maximum absolute atomic E-state index is 13.1. The van der Waals surface area contributed by atoms with Gasteiger partial charge in [0.2, 0.25) is 15.9 Å². The molecule has 1 aromatic heterocycles. The van der Waals surface area contributed by atoms with E-state index in [1.54, 1.807) is 18.5 Å². The summed E-state index contributed by atoms with van der Waals surface area (Å²) in [5.41, 5.74) is 3.24. The molecule has 0 bridgehead atoms. The van der Waals surface area contributed by atoms with Gasteiger partial charge in [-0.3, -0.25) is 9.89 Å². The molecule has 3 aromatic rings. The Labute approximate surface area is 174 Å². The highest BCUT2D eigenvalue weighted by atomic mass is 32.2.